The predicted molar refractivity (Wildman–Crippen MR) is 62.6 cm³/mol. The van der Waals surface area contributed by atoms with E-state index in [4.69, 9.17) is 4.74 Å². The molecule has 0 radical (unpaired) electrons. The van der Waals surface area contributed by atoms with Crippen LogP contribution in [0.3, 0.4) is 0 Å². The maximum absolute atomic E-state index is 5.63. The Morgan fingerprint density at radius 3 is 1.93 bits per heavy atom. The summed E-state index contributed by atoms with van der Waals surface area (Å²) >= 11 is 0. The van der Waals surface area contributed by atoms with Gasteiger partial charge in [0.05, 0.1) is 12.2 Å². The lowest BCUT2D eigenvalue weighted by Gasteiger charge is -2.29. The van der Waals surface area contributed by atoms with Gasteiger partial charge in [-0.1, -0.05) is 20.8 Å². The van der Waals surface area contributed by atoms with E-state index >= 15 is 0 Å². The quantitative estimate of drug-likeness (QED) is 0.706. The van der Waals surface area contributed by atoms with E-state index in [0.717, 1.165) is 13.2 Å². The van der Waals surface area contributed by atoms with Gasteiger partial charge >= 0.3 is 0 Å². The van der Waals surface area contributed by atoms with Crippen molar-refractivity contribution in [2.75, 3.05) is 13.2 Å². The third-order valence-electron chi connectivity index (χ3n) is 2.39. The van der Waals surface area contributed by atoms with Crippen molar-refractivity contribution in [1.82, 2.24) is 5.32 Å². The van der Waals surface area contributed by atoms with Crippen molar-refractivity contribution in [3.63, 3.8) is 0 Å². The summed E-state index contributed by atoms with van der Waals surface area (Å²) in [4.78, 5) is 0. The maximum Gasteiger partial charge on any atom is 0.0599 e. The molecule has 1 unspecified atom stereocenters. The highest BCUT2D eigenvalue weighted by atomic mass is 16.5. The van der Waals surface area contributed by atoms with Gasteiger partial charge in [0.25, 0.3) is 0 Å². The van der Waals surface area contributed by atoms with E-state index in [2.05, 4.69) is 53.8 Å². The average Bonchev–Trinajstić information content (AvgIpc) is 1.93. The lowest BCUT2D eigenvalue weighted by molar-refractivity contribution is -0.00252. The van der Waals surface area contributed by atoms with Gasteiger partial charge in [0.15, 0.2) is 0 Å². The van der Waals surface area contributed by atoms with Crippen molar-refractivity contribution in [2.45, 2.75) is 60.1 Å². The third-order valence-corrected chi connectivity index (χ3v) is 2.39. The third kappa shape index (κ3) is 7.34. The van der Waals surface area contributed by atoms with Gasteiger partial charge in [-0.25, -0.2) is 0 Å². The zero-order valence-corrected chi connectivity index (χ0v) is 10.9. The van der Waals surface area contributed by atoms with Gasteiger partial charge in [-0.2, -0.15) is 0 Å². The first-order valence-corrected chi connectivity index (χ1v) is 5.50. The largest absolute Gasteiger partial charge is 0.375 e. The summed E-state index contributed by atoms with van der Waals surface area (Å²) in [5.41, 5.74) is 0.300. The van der Waals surface area contributed by atoms with Crippen LogP contribution in [0.2, 0.25) is 0 Å². The maximum atomic E-state index is 5.63. The second-order valence-electron chi connectivity index (χ2n) is 6.00. The predicted octanol–water partition coefficient (Wildman–Crippen LogP) is 2.83. The molecule has 0 aliphatic carbocycles. The molecule has 0 spiro atoms. The van der Waals surface area contributed by atoms with E-state index in [1.165, 1.54) is 0 Å². The molecule has 0 heterocycles. The summed E-state index contributed by atoms with van der Waals surface area (Å²) in [5.74, 6) is 0. The summed E-state index contributed by atoms with van der Waals surface area (Å²) in [7, 11) is 0. The molecule has 0 saturated heterocycles. The number of ether oxygens (including phenoxy) is 1. The molecule has 86 valence electrons. The monoisotopic (exact) mass is 201 g/mol. The fourth-order valence-corrected chi connectivity index (χ4v) is 0.939. The first kappa shape index (κ1) is 13.9. The van der Waals surface area contributed by atoms with Crippen LogP contribution in [0.25, 0.3) is 0 Å². The Morgan fingerprint density at radius 2 is 1.57 bits per heavy atom. The standard InChI is InChI=1S/C12H27NO/c1-10(11(2,3)4)13-8-9-14-12(5,6)7/h10,13H,8-9H2,1-7H3. The summed E-state index contributed by atoms with van der Waals surface area (Å²) < 4.78 is 5.63. The van der Waals surface area contributed by atoms with Crippen LogP contribution in [-0.4, -0.2) is 24.8 Å². The Hall–Kier alpha value is -0.0800. The molecule has 0 aromatic carbocycles. The van der Waals surface area contributed by atoms with Crippen molar-refractivity contribution in [3.8, 4) is 0 Å². The molecule has 0 aliphatic rings. The van der Waals surface area contributed by atoms with Gasteiger partial charge in [0, 0.05) is 12.6 Å². The van der Waals surface area contributed by atoms with Crippen molar-refractivity contribution in [1.29, 1.82) is 0 Å². The Labute approximate surface area is 89.4 Å². The van der Waals surface area contributed by atoms with Crippen LogP contribution in [-0.2, 0) is 4.74 Å². The van der Waals surface area contributed by atoms with E-state index in [1.807, 2.05) is 0 Å². The minimum Gasteiger partial charge on any atom is -0.375 e. The molecule has 1 N–H and O–H groups in total. The highest BCUT2D eigenvalue weighted by Crippen LogP contribution is 2.18. The molecule has 0 saturated carbocycles. The Bertz CT molecular complexity index is 153. The van der Waals surface area contributed by atoms with E-state index in [1.54, 1.807) is 0 Å². The van der Waals surface area contributed by atoms with Gasteiger partial charge in [0.2, 0.25) is 0 Å². The van der Waals surface area contributed by atoms with Gasteiger partial charge in [0.1, 0.15) is 0 Å². The first-order valence-electron chi connectivity index (χ1n) is 5.50. The number of nitrogens with one attached hydrogen (secondary N) is 1. The molecule has 2 nitrogen and oxygen atoms in total. The second kappa shape index (κ2) is 5.13. The second-order valence-corrected chi connectivity index (χ2v) is 6.00. The summed E-state index contributed by atoms with van der Waals surface area (Å²) in [6.45, 7) is 16.9. The highest BCUT2D eigenvalue weighted by Gasteiger charge is 2.19. The summed E-state index contributed by atoms with van der Waals surface area (Å²) in [6, 6.07) is 0.520. The van der Waals surface area contributed by atoms with Gasteiger partial charge in [-0.3, -0.25) is 0 Å². The SMILES string of the molecule is CC(NCCOC(C)(C)C)C(C)(C)C. The zero-order chi connectivity index (χ0) is 11.4. The van der Waals surface area contributed by atoms with E-state index in [-0.39, 0.29) is 5.60 Å². The molecule has 2 heteroatoms. The van der Waals surface area contributed by atoms with Gasteiger partial charge < -0.3 is 10.1 Å². The minimum absolute atomic E-state index is 0.0212. The molecular formula is C12H27NO. The molecule has 0 aromatic heterocycles. The summed E-state index contributed by atoms with van der Waals surface area (Å²) in [6.07, 6.45) is 0. The number of hydrogen-bond acceptors (Lipinski definition) is 2. The minimum atomic E-state index is -0.0212. The molecule has 1 atom stereocenters. The van der Waals surface area contributed by atoms with Crippen molar-refractivity contribution in [2.24, 2.45) is 5.41 Å². The molecule has 0 rings (SSSR count). The molecule has 14 heavy (non-hydrogen) atoms. The van der Waals surface area contributed by atoms with Crippen LogP contribution in [0.5, 0.6) is 0 Å². The fourth-order valence-electron chi connectivity index (χ4n) is 0.939. The van der Waals surface area contributed by atoms with Gasteiger partial charge in [-0.15, -0.1) is 0 Å². The first-order chi connectivity index (χ1) is 6.13. The highest BCUT2D eigenvalue weighted by molar-refractivity contribution is 4.75. The fraction of sp³-hybridized carbons (Fsp3) is 1.00. The topological polar surface area (TPSA) is 21.3 Å². The lowest BCUT2D eigenvalue weighted by atomic mass is 9.88. The van der Waals surface area contributed by atoms with Crippen LogP contribution < -0.4 is 5.32 Å². The van der Waals surface area contributed by atoms with Crippen LogP contribution in [0.1, 0.15) is 48.5 Å². The molecule has 0 aliphatic heterocycles. The Morgan fingerprint density at radius 1 is 1.07 bits per heavy atom. The zero-order valence-electron chi connectivity index (χ0n) is 10.9. The normalized spacial score (nSPS) is 15.6. The Balaban J connectivity index is 3.56. The van der Waals surface area contributed by atoms with Gasteiger partial charge in [-0.05, 0) is 33.1 Å². The molecule has 0 aromatic rings. The van der Waals surface area contributed by atoms with E-state index in [0.29, 0.717) is 11.5 Å². The van der Waals surface area contributed by atoms with Crippen LogP contribution in [0.4, 0.5) is 0 Å². The van der Waals surface area contributed by atoms with Crippen LogP contribution in [0.15, 0.2) is 0 Å². The Kier molecular flexibility index (Phi) is 5.10. The molecule has 0 amide bonds. The van der Waals surface area contributed by atoms with E-state index in [9.17, 15) is 0 Å². The van der Waals surface area contributed by atoms with Crippen LogP contribution >= 0.6 is 0 Å². The van der Waals surface area contributed by atoms with Crippen LogP contribution in [0, 0.1) is 5.41 Å². The van der Waals surface area contributed by atoms with Crippen molar-refractivity contribution in [3.05, 3.63) is 0 Å². The van der Waals surface area contributed by atoms with Crippen molar-refractivity contribution >= 4 is 0 Å². The molecule has 0 fully saturated rings. The molecule has 0 bridgehead atoms. The number of rotatable bonds is 4. The lowest BCUT2D eigenvalue weighted by Crippen LogP contribution is -2.40. The smallest absolute Gasteiger partial charge is 0.0599 e. The average molecular weight is 201 g/mol. The number of hydrogen-bond donors (Lipinski definition) is 1. The molecular weight excluding hydrogens is 174 g/mol. The summed E-state index contributed by atoms with van der Waals surface area (Å²) in [5, 5.41) is 3.47. The van der Waals surface area contributed by atoms with Crippen molar-refractivity contribution < 1.29 is 4.74 Å². The van der Waals surface area contributed by atoms with E-state index < -0.39 is 0 Å².